The number of carbonyl (C=O) groups excluding carboxylic acids is 5. The number of aliphatic hydroxyl groups excluding tert-OH is 3. The number of carboxylic acid groups (broad SMARTS) is 1. The monoisotopic (exact) mass is 857 g/mol. The van der Waals surface area contributed by atoms with E-state index in [0.29, 0.717) is 16.9 Å². The van der Waals surface area contributed by atoms with Crippen LogP contribution in [0.15, 0.2) is 75.3 Å². The van der Waals surface area contributed by atoms with Crippen molar-refractivity contribution in [2.45, 2.75) is 42.0 Å². The van der Waals surface area contributed by atoms with Crippen LogP contribution in [0, 0.1) is 11.8 Å². The molecule has 1 aromatic carbocycles. The number of nitrogens with zero attached hydrogens (tertiary/aromatic N) is 4. The highest BCUT2D eigenvalue weighted by atomic mass is 32.2. The minimum absolute atomic E-state index is 0. The van der Waals surface area contributed by atoms with Crippen molar-refractivity contribution in [3.05, 3.63) is 87.0 Å². The number of amides is 3. The number of ketones is 2. The van der Waals surface area contributed by atoms with E-state index in [-0.39, 0.29) is 39.0 Å². The number of anilines is 1. The summed E-state index contributed by atoms with van der Waals surface area (Å²) in [5, 5.41) is 79.9. The third-order valence-electron chi connectivity index (χ3n) is 10.8. The molecule has 3 aliphatic carbocycles. The molecule has 0 radical (unpaired) electrons. The molecule has 0 bridgehead atoms. The SMILES string of the molecule is C=CC1=C(C(=O)O)N2C(=O)[C@@H](NC(=O)/C(=N\O)c3csc(N)n3)[C@H]2SC1.C[C@H]1c2cccc(O)c2C(=O)C2=C(O)[C@]3(O)C(=O)C(C(N)=O)=C(O)[C@@H](N(C)C)[C@@H]3[C@@H](O)[C@@H]21.O. The summed E-state index contributed by atoms with van der Waals surface area (Å²) >= 11 is 2.37. The van der Waals surface area contributed by atoms with E-state index >= 15 is 0 Å². The first-order valence-electron chi connectivity index (χ1n) is 17.2. The van der Waals surface area contributed by atoms with Gasteiger partial charge in [-0.25, -0.2) is 9.78 Å². The molecular weight excluding hydrogens is 819 g/mol. The fraction of sp³-hybridized carbons (Fsp3) is 0.333. The summed E-state index contributed by atoms with van der Waals surface area (Å²) in [7, 11) is 2.98. The van der Waals surface area contributed by atoms with Crippen molar-refractivity contribution < 1.29 is 70.1 Å². The fourth-order valence-electron chi connectivity index (χ4n) is 8.20. The highest BCUT2D eigenvalue weighted by Gasteiger charge is 2.67. The molecule has 3 amide bonds. The number of nitrogen functional groups attached to an aromatic ring is 1. The zero-order valence-corrected chi connectivity index (χ0v) is 32.8. The Bertz CT molecular complexity index is 2340. The van der Waals surface area contributed by atoms with Crippen LogP contribution in [0.25, 0.3) is 0 Å². The van der Waals surface area contributed by atoms with E-state index in [1.54, 1.807) is 19.1 Å². The van der Waals surface area contributed by atoms with Gasteiger partial charge >= 0.3 is 5.97 Å². The Kier molecular flexibility index (Phi) is 11.9. The summed E-state index contributed by atoms with van der Waals surface area (Å²) in [4.78, 5) is 81.0. The zero-order chi connectivity index (χ0) is 42.9. The maximum atomic E-state index is 13.3. The molecule has 1 fully saturated rings. The number of carboxylic acids is 1. The summed E-state index contributed by atoms with van der Waals surface area (Å²) in [6, 6.07) is 2.22. The number of primary amides is 1. The minimum atomic E-state index is -2.89. The number of β-lactam (4-membered cyclic amide) rings is 1. The summed E-state index contributed by atoms with van der Waals surface area (Å²) < 4.78 is 0. The second kappa shape index (κ2) is 15.9. The number of aromatic nitrogens is 1. The Morgan fingerprint density at radius 2 is 1.83 bits per heavy atom. The Hall–Kier alpha value is -6.11. The molecule has 314 valence electrons. The van der Waals surface area contributed by atoms with Crippen LogP contribution >= 0.6 is 23.1 Å². The van der Waals surface area contributed by atoms with Crippen molar-refractivity contribution in [2.75, 3.05) is 25.6 Å². The number of thiazole rings is 1. The highest BCUT2D eigenvalue weighted by molar-refractivity contribution is 8.00. The van der Waals surface area contributed by atoms with E-state index in [1.807, 2.05) is 0 Å². The van der Waals surface area contributed by atoms with Crippen LogP contribution in [-0.4, -0.2) is 146 Å². The van der Waals surface area contributed by atoms with Gasteiger partial charge in [-0.1, -0.05) is 36.9 Å². The topological polar surface area (TPSA) is 371 Å². The molecule has 3 heterocycles. The Balaban J connectivity index is 0.000000225. The number of allylic oxidation sites excluding steroid dienone is 1. The number of aromatic hydroxyl groups is 1. The number of nitrogens with one attached hydrogen (secondary N) is 1. The molecule has 0 spiro atoms. The van der Waals surface area contributed by atoms with Gasteiger partial charge in [0.25, 0.3) is 17.7 Å². The van der Waals surface area contributed by atoms with Crippen LogP contribution in [0.3, 0.4) is 0 Å². The van der Waals surface area contributed by atoms with Gasteiger partial charge in [-0.05, 0) is 37.2 Å². The average Bonchev–Trinajstić information content (AvgIpc) is 3.60. The zero-order valence-electron chi connectivity index (χ0n) is 31.2. The van der Waals surface area contributed by atoms with E-state index in [1.165, 1.54) is 48.3 Å². The number of fused-ring (bicyclic) bond motifs is 4. The second-order valence-corrected chi connectivity index (χ2v) is 16.1. The standard InChI is InChI=1S/C22H24N2O8.C14H13N5O5S2.H2O/c1-7-8-5-4-6-9(25)11(8)16(26)12-10(7)17(27)14-15(24(2)3)18(28)13(21(23)31)20(30)22(14,32)19(12)29;1-2-5-3-25-12-8(11(21)19(12)9(5)13(22)23)17-10(20)7(18-24)6-4-26-14(15)16-6;/h4-7,10,14-15,17,25,27-29,32H,1-3H3,(H2,23,31);2,4,8,12,24H,1,3H2,(H2,15,16)(H,17,20)(H,22,23);1H2/b;18-7-;/t7-,10+,14+,15-,17-,22-;8-,12-;/m01./s1. The lowest BCUT2D eigenvalue weighted by molar-refractivity contribution is -0.162. The summed E-state index contributed by atoms with van der Waals surface area (Å²) in [6.07, 6.45) is -0.192. The number of phenolic OH excluding ortho intramolecular Hbond substituents is 1. The van der Waals surface area contributed by atoms with E-state index in [0.717, 1.165) is 16.2 Å². The number of oxime groups is 1. The van der Waals surface area contributed by atoms with Crippen molar-refractivity contribution in [3.63, 3.8) is 0 Å². The van der Waals surface area contributed by atoms with Crippen molar-refractivity contribution in [1.82, 2.24) is 20.1 Å². The van der Waals surface area contributed by atoms with E-state index in [9.17, 15) is 59.4 Å². The number of thioether (sulfide) groups is 1. The number of aliphatic hydroxyl groups is 4. The van der Waals surface area contributed by atoms with Gasteiger partial charge in [0.2, 0.25) is 5.78 Å². The van der Waals surface area contributed by atoms with Gasteiger partial charge in [0.05, 0.1) is 23.6 Å². The maximum Gasteiger partial charge on any atom is 0.352 e. The average molecular weight is 858 g/mol. The van der Waals surface area contributed by atoms with Gasteiger partial charge in [-0.2, -0.15) is 0 Å². The van der Waals surface area contributed by atoms with E-state index in [4.69, 9.17) is 16.7 Å². The molecule has 2 aliphatic heterocycles. The number of aliphatic carboxylic acids is 1. The molecular formula is C36H39N7O14S2. The van der Waals surface area contributed by atoms with Crippen molar-refractivity contribution in [2.24, 2.45) is 22.7 Å². The number of hydrogen-bond acceptors (Lipinski definition) is 18. The largest absolute Gasteiger partial charge is 0.510 e. The van der Waals surface area contributed by atoms with Crippen LogP contribution in [0.5, 0.6) is 5.75 Å². The number of Topliss-reactive ketones (excluding diaryl/α,β-unsaturated/α-hetero) is 2. The first-order chi connectivity index (χ1) is 27.3. The van der Waals surface area contributed by atoms with E-state index in [2.05, 4.69) is 22.0 Å². The van der Waals surface area contributed by atoms with Gasteiger partial charge < -0.3 is 58.1 Å². The summed E-state index contributed by atoms with van der Waals surface area (Å²) in [5.74, 6) is -11.1. The number of benzene rings is 1. The molecule has 1 aromatic heterocycles. The maximum absolute atomic E-state index is 13.3. The summed E-state index contributed by atoms with van der Waals surface area (Å²) in [5.41, 5.74) is 6.85. The molecule has 1 saturated heterocycles. The third-order valence-corrected chi connectivity index (χ3v) is 12.8. The van der Waals surface area contributed by atoms with Gasteiger partial charge in [0.15, 0.2) is 22.2 Å². The predicted molar refractivity (Wildman–Crippen MR) is 208 cm³/mol. The molecule has 14 N–H and O–H groups in total. The highest BCUT2D eigenvalue weighted by Crippen LogP contribution is 2.55. The van der Waals surface area contributed by atoms with Crippen LogP contribution in [-0.2, 0) is 24.0 Å². The van der Waals surface area contributed by atoms with Crippen molar-refractivity contribution in [1.29, 1.82) is 0 Å². The van der Waals surface area contributed by atoms with Crippen molar-refractivity contribution in [3.8, 4) is 5.75 Å². The predicted octanol–water partition coefficient (Wildman–Crippen LogP) is -1.34. The number of nitrogens with two attached hydrogens (primary N) is 2. The number of phenols is 1. The molecule has 21 nitrogen and oxygen atoms in total. The van der Waals surface area contributed by atoms with Gasteiger partial charge in [0.1, 0.15) is 45.6 Å². The number of hydrogen-bond donors (Lipinski definition) is 10. The molecule has 7 rings (SSSR count). The third kappa shape index (κ3) is 6.60. The number of rotatable bonds is 7. The smallest absolute Gasteiger partial charge is 0.352 e. The molecule has 23 heteroatoms. The quantitative estimate of drug-likeness (QED) is 0.0506. The molecule has 0 unspecified atom stereocenters. The molecule has 8 atom stereocenters. The van der Waals surface area contributed by atoms with Crippen LogP contribution in [0.4, 0.5) is 5.13 Å². The van der Waals surface area contributed by atoms with Crippen LogP contribution < -0.4 is 16.8 Å². The van der Waals surface area contributed by atoms with Gasteiger partial charge in [-0.15, -0.1) is 23.1 Å². The lowest BCUT2D eigenvalue weighted by atomic mass is 9.55. The molecule has 0 saturated carbocycles. The molecule has 2 aromatic rings. The second-order valence-electron chi connectivity index (χ2n) is 14.1. The minimum Gasteiger partial charge on any atom is -0.510 e. The summed E-state index contributed by atoms with van der Waals surface area (Å²) in [6.45, 7) is 5.24. The Labute approximate surface area is 341 Å². The van der Waals surface area contributed by atoms with Crippen LogP contribution in [0.2, 0.25) is 0 Å². The lowest BCUT2D eigenvalue weighted by Gasteiger charge is -2.53. The van der Waals surface area contributed by atoms with Crippen molar-refractivity contribution >= 4 is 69.2 Å². The van der Waals surface area contributed by atoms with Gasteiger partial charge in [-0.3, -0.25) is 33.8 Å². The first-order valence-corrected chi connectivity index (χ1v) is 19.1. The normalized spacial score (nSPS) is 28.6. The van der Waals surface area contributed by atoms with Gasteiger partial charge in [0, 0.05) is 22.6 Å². The number of likely N-dealkylation sites (N-methyl/N-ethyl adjacent to an activating group) is 1. The van der Waals surface area contributed by atoms with Crippen LogP contribution in [0.1, 0.15) is 34.5 Å². The Morgan fingerprint density at radius 1 is 1.17 bits per heavy atom. The fourth-order valence-corrected chi connectivity index (χ4v) is 10.1. The van der Waals surface area contributed by atoms with E-state index < -0.39 is 105 Å². The Morgan fingerprint density at radius 3 is 2.37 bits per heavy atom. The lowest BCUT2D eigenvalue weighted by Crippen LogP contribution is -2.71. The molecule has 5 aliphatic rings. The molecule has 59 heavy (non-hydrogen) atoms. The number of carbonyl (C=O) groups is 6. The first kappa shape index (κ1) is 44.0.